The van der Waals surface area contributed by atoms with Crippen molar-refractivity contribution < 1.29 is 24.2 Å². The van der Waals surface area contributed by atoms with Crippen LogP contribution >= 0.6 is 0 Å². The molecule has 0 radical (unpaired) electrons. The van der Waals surface area contributed by atoms with E-state index in [2.05, 4.69) is 16.8 Å². The average molecular weight is 442 g/mol. The van der Waals surface area contributed by atoms with Gasteiger partial charge in [0.25, 0.3) is 0 Å². The Morgan fingerprint density at radius 1 is 0.938 bits per heavy atom. The van der Waals surface area contributed by atoms with Gasteiger partial charge < -0.3 is 14.6 Å². The molecule has 0 amide bonds. The van der Waals surface area contributed by atoms with Crippen molar-refractivity contribution in [3.63, 3.8) is 0 Å². The van der Waals surface area contributed by atoms with E-state index in [1.54, 1.807) is 6.92 Å². The van der Waals surface area contributed by atoms with E-state index in [0.717, 1.165) is 0 Å². The number of aromatic nitrogens is 1. The van der Waals surface area contributed by atoms with Crippen molar-refractivity contribution in [3.05, 3.63) is 23.0 Å². The summed E-state index contributed by atoms with van der Waals surface area (Å²) in [6.45, 7) is 8.94. The topological polar surface area (TPSA) is 85.7 Å². The van der Waals surface area contributed by atoms with Gasteiger partial charge in [0.05, 0.1) is 16.5 Å². The lowest BCUT2D eigenvalue weighted by atomic mass is 9.79. The summed E-state index contributed by atoms with van der Waals surface area (Å²) in [5, 5.41) is 10.6. The van der Waals surface area contributed by atoms with Crippen LogP contribution in [-0.4, -0.2) is 22.0 Å². The highest BCUT2D eigenvalue weighted by atomic mass is 16.5. The molecule has 0 atom stereocenters. The number of carbonyl (C=O) groups excluding carboxylic acids is 2. The molecule has 0 spiro atoms. The Hall–Kier alpha value is -2.99. The van der Waals surface area contributed by atoms with E-state index < -0.39 is 22.8 Å². The number of hydrogen-bond donors (Lipinski definition) is 1. The van der Waals surface area contributed by atoms with Crippen molar-refractivity contribution in [3.8, 4) is 30.4 Å². The number of ether oxygens (including phenoxy) is 2. The van der Waals surface area contributed by atoms with Gasteiger partial charge in [0.2, 0.25) is 0 Å². The van der Waals surface area contributed by atoms with Crippen molar-refractivity contribution in [1.82, 2.24) is 4.98 Å². The molecule has 6 nitrogen and oxygen atoms in total. The maximum atomic E-state index is 12.8. The van der Waals surface area contributed by atoms with Crippen molar-refractivity contribution >= 4 is 11.9 Å². The number of esters is 2. The second kappa shape index (κ2) is 12.2. The molecule has 1 aromatic rings. The first kappa shape index (κ1) is 27.0. The van der Waals surface area contributed by atoms with Gasteiger partial charge in [-0.1, -0.05) is 27.7 Å². The van der Waals surface area contributed by atoms with E-state index >= 15 is 0 Å². The van der Waals surface area contributed by atoms with Crippen LogP contribution in [0.1, 0.15) is 83.0 Å². The van der Waals surface area contributed by atoms with Crippen LogP contribution in [0.4, 0.5) is 0 Å². The number of aryl methyl sites for hydroxylation is 1. The number of pyridine rings is 1. The summed E-state index contributed by atoms with van der Waals surface area (Å²) in [6.07, 6.45) is 15.2. The molecule has 0 aliphatic rings. The predicted molar refractivity (Wildman–Crippen MR) is 123 cm³/mol. The van der Waals surface area contributed by atoms with Crippen LogP contribution in [0, 0.1) is 42.4 Å². The molecule has 1 N–H and O–H groups in total. The Morgan fingerprint density at radius 3 is 1.78 bits per heavy atom. The van der Waals surface area contributed by atoms with Gasteiger partial charge in [-0.3, -0.25) is 14.6 Å². The van der Waals surface area contributed by atoms with Gasteiger partial charge in [-0.25, -0.2) is 0 Å². The fourth-order valence-electron chi connectivity index (χ4n) is 3.67. The fraction of sp³-hybridized carbons (Fsp3) is 0.577. The van der Waals surface area contributed by atoms with Gasteiger partial charge in [0.1, 0.15) is 19.0 Å². The van der Waals surface area contributed by atoms with E-state index in [0.29, 0.717) is 42.5 Å². The monoisotopic (exact) mass is 441 g/mol. The lowest BCUT2D eigenvalue weighted by molar-refractivity contribution is -0.159. The van der Waals surface area contributed by atoms with Crippen LogP contribution in [0.3, 0.4) is 0 Å². The molecule has 6 heteroatoms. The summed E-state index contributed by atoms with van der Waals surface area (Å²) < 4.78 is 11.1. The highest BCUT2D eigenvalue weighted by molar-refractivity contribution is 5.78. The molecule has 0 fully saturated rings. The lowest BCUT2D eigenvalue weighted by Gasteiger charge is -2.28. The van der Waals surface area contributed by atoms with Gasteiger partial charge in [0, 0.05) is 30.2 Å². The van der Waals surface area contributed by atoms with Gasteiger partial charge in [-0.2, -0.15) is 0 Å². The van der Waals surface area contributed by atoms with Gasteiger partial charge in [-0.05, 0) is 32.6 Å². The summed E-state index contributed by atoms with van der Waals surface area (Å²) in [7, 11) is 0. The molecule has 1 aromatic heterocycles. The standard InChI is InChI=1S/C26H35NO5/c1-8-14-25(10-3,11-4)23(29)31-17-20-16-27-19(7)22(28)21(20)18-32-24(30)26(12-5,13-6)15-9-2/h1-2,16,28H,10-15,17-18H2,3-7H3. The normalized spacial score (nSPS) is 11.3. The summed E-state index contributed by atoms with van der Waals surface area (Å²) in [4.78, 5) is 29.8. The van der Waals surface area contributed by atoms with E-state index in [4.69, 9.17) is 22.3 Å². The molecular formula is C26H35NO5. The maximum absolute atomic E-state index is 12.8. The highest BCUT2D eigenvalue weighted by Crippen LogP contribution is 2.35. The van der Waals surface area contributed by atoms with Crippen LogP contribution in [0.25, 0.3) is 0 Å². The van der Waals surface area contributed by atoms with Crippen molar-refractivity contribution in [2.24, 2.45) is 10.8 Å². The van der Waals surface area contributed by atoms with Crippen LogP contribution in [0.15, 0.2) is 6.20 Å². The molecule has 32 heavy (non-hydrogen) atoms. The lowest BCUT2D eigenvalue weighted by Crippen LogP contribution is -2.32. The fourth-order valence-corrected chi connectivity index (χ4v) is 3.67. The largest absolute Gasteiger partial charge is 0.506 e. The number of aromatic hydroxyl groups is 1. The minimum atomic E-state index is -0.768. The summed E-state index contributed by atoms with van der Waals surface area (Å²) in [5.74, 6) is 4.21. The zero-order valence-corrected chi connectivity index (χ0v) is 19.9. The molecule has 0 bridgehead atoms. The number of rotatable bonds is 12. The van der Waals surface area contributed by atoms with Gasteiger partial charge >= 0.3 is 11.9 Å². The first-order valence-corrected chi connectivity index (χ1v) is 11.1. The zero-order valence-electron chi connectivity index (χ0n) is 19.9. The van der Waals surface area contributed by atoms with Crippen molar-refractivity contribution in [2.45, 2.75) is 86.4 Å². The minimum absolute atomic E-state index is 0.0947. The maximum Gasteiger partial charge on any atom is 0.313 e. The first-order chi connectivity index (χ1) is 15.2. The first-order valence-electron chi connectivity index (χ1n) is 11.1. The summed E-state index contributed by atoms with van der Waals surface area (Å²) in [5.41, 5.74) is -0.312. The Labute approximate surface area is 192 Å². The smallest absolute Gasteiger partial charge is 0.313 e. The molecule has 1 rings (SSSR count). The van der Waals surface area contributed by atoms with Crippen molar-refractivity contribution in [2.75, 3.05) is 0 Å². The third kappa shape index (κ3) is 5.82. The second-order valence-electron chi connectivity index (χ2n) is 8.08. The number of carbonyl (C=O) groups is 2. The third-order valence-electron chi connectivity index (χ3n) is 6.59. The number of terminal acetylenes is 2. The number of nitrogens with zero attached hydrogens (tertiary/aromatic N) is 1. The van der Waals surface area contributed by atoms with E-state index in [1.807, 2.05) is 27.7 Å². The Balaban J connectivity index is 3.10. The van der Waals surface area contributed by atoms with Crippen LogP contribution in [0.2, 0.25) is 0 Å². The van der Waals surface area contributed by atoms with Crippen molar-refractivity contribution in [1.29, 1.82) is 0 Å². The molecular weight excluding hydrogens is 406 g/mol. The van der Waals surface area contributed by atoms with E-state index in [1.165, 1.54) is 6.20 Å². The Kier molecular flexibility index (Phi) is 10.3. The van der Waals surface area contributed by atoms with Gasteiger partial charge in [0.15, 0.2) is 0 Å². The SMILES string of the molecule is C#CCC(CC)(CC)C(=O)OCc1cnc(C)c(O)c1COC(=O)C(CC)(CC)CC#C. The molecule has 0 aliphatic carbocycles. The Morgan fingerprint density at radius 2 is 1.38 bits per heavy atom. The summed E-state index contributed by atoms with van der Waals surface area (Å²) in [6, 6.07) is 0. The zero-order chi connectivity index (χ0) is 24.4. The molecule has 0 aromatic carbocycles. The third-order valence-corrected chi connectivity index (χ3v) is 6.59. The average Bonchev–Trinajstić information content (AvgIpc) is 2.80. The molecule has 0 saturated heterocycles. The Bertz CT molecular complexity index is 883. The highest BCUT2D eigenvalue weighted by Gasteiger charge is 2.37. The molecule has 174 valence electrons. The van der Waals surface area contributed by atoms with Crippen LogP contribution < -0.4 is 0 Å². The molecule has 0 unspecified atom stereocenters. The minimum Gasteiger partial charge on any atom is -0.506 e. The van der Waals surface area contributed by atoms with E-state index in [-0.39, 0.29) is 31.8 Å². The van der Waals surface area contributed by atoms with Crippen LogP contribution in [-0.2, 0) is 32.3 Å². The summed E-state index contributed by atoms with van der Waals surface area (Å²) >= 11 is 0. The predicted octanol–water partition coefficient (Wildman–Crippen LogP) is 4.84. The van der Waals surface area contributed by atoms with Crippen LogP contribution in [0.5, 0.6) is 5.75 Å². The molecule has 0 aliphatic heterocycles. The number of hydrogen-bond acceptors (Lipinski definition) is 6. The quantitative estimate of drug-likeness (QED) is 0.369. The van der Waals surface area contributed by atoms with E-state index in [9.17, 15) is 14.7 Å². The van der Waals surface area contributed by atoms with Gasteiger partial charge in [-0.15, -0.1) is 24.7 Å². The molecule has 0 saturated carbocycles. The molecule has 1 heterocycles. The second-order valence-corrected chi connectivity index (χ2v) is 8.08.